The van der Waals surface area contributed by atoms with E-state index in [1.165, 1.54) is 89.9 Å². The van der Waals surface area contributed by atoms with Gasteiger partial charge in [-0.25, -0.2) is 0 Å². The quantitative estimate of drug-likeness (QED) is 0.192. The summed E-state index contributed by atoms with van der Waals surface area (Å²) in [5.74, 6) is 1.03. The number of hydrogen-bond acceptors (Lipinski definition) is 0. The van der Waals surface area contributed by atoms with Gasteiger partial charge in [0.2, 0.25) is 0 Å². The molecule has 2 fully saturated rings. The molecule has 0 N–H and O–H groups in total. The summed E-state index contributed by atoms with van der Waals surface area (Å²) in [5, 5.41) is 0. The maximum Gasteiger partial charge on any atom is -0.0147 e. The van der Waals surface area contributed by atoms with Gasteiger partial charge < -0.3 is 0 Å². The van der Waals surface area contributed by atoms with Gasteiger partial charge in [-0.2, -0.15) is 0 Å². The molecular weight excluding hydrogens is 343 g/mol. The lowest BCUT2D eigenvalue weighted by Crippen LogP contribution is -2.35. The second kappa shape index (κ2) is 11.6. The molecule has 2 saturated carbocycles. The van der Waals surface area contributed by atoms with E-state index in [2.05, 4.69) is 34.6 Å². The van der Waals surface area contributed by atoms with Crippen molar-refractivity contribution >= 4 is 7.92 Å². The van der Waals surface area contributed by atoms with Crippen LogP contribution in [0.5, 0.6) is 0 Å². The van der Waals surface area contributed by atoms with Crippen molar-refractivity contribution in [2.45, 2.75) is 137 Å². The molecule has 2 bridgehead atoms. The first-order valence-corrected chi connectivity index (χ1v) is 14.5. The van der Waals surface area contributed by atoms with Gasteiger partial charge >= 0.3 is 0 Å². The zero-order chi connectivity index (χ0) is 19.8. The number of rotatable bonds is 15. The van der Waals surface area contributed by atoms with E-state index in [4.69, 9.17) is 0 Å². The van der Waals surface area contributed by atoms with E-state index >= 15 is 0 Å². The Bertz CT molecular complexity index is 385. The molecule has 0 nitrogen and oxygen atoms in total. The molecule has 2 aliphatic carbocycles. The maximum atomic E-state index is 2.70. The third-order valence-electron chi connectivity index (χ3n) is 8.79. The maximum absolute atomic E-state index is 2.70. The monoisotopic (exact) mass is 394 g/mol. The van der Waals surface area contributed by atoms with Gasteiger partial charge in [-0.3, -0.25) is 0 Å². The number of fused-ring (bicyclic) bond motifs is 2. The molecule has 0 aromatic carbocycles. The Morgan fingerprint density at radius 2 is 1.19 bits per heavy atom. The topological polar surface area (TPSA) is 0 Å². The molecule has 0 aromatic heterocycles. The normalized spacial score (nSPS) is 29.1. The Morgan fingerprint density at radius 1 is 0.704 bits per heavy atom. The lowest BCUT2D eigenvalue weighted by Gasteiger charge is -2.43. The SMILES string of the molecule is CCCCCCCCP(CCCCCCCC)C1CC2CCC1(C)C2(C)C. The largest absolute Gasteiger partial charge is 0.103 e. The van der Waals surface area contributed by atoms with Crippen LogP contribution < -0.4 is 0 Å². The van der Waals surface area contributed by atoms with E-state index in [1.54, 1.807) is 18.7 Å². The van der Waals surface area contributed by atoms with Crippen molar-refractivity contribution in [2.75, 3.05) is 12.3 Å². The van der Waals surface area contributed by atoms with Crippen molar-refractivity contribution < 1.29 is 0 Å². The van der Waals surface area contributed by atoms with Crippen LogP contribution in [0.25, 0.3) is 0 Å². The van der Waals surface area contributed by atoms with Crippen molar-refractivity contribution in [1.29, 1.82) is 0 Å². The van der Waals surface area contributed by atoms with E-state index in [0.717, 1.165) is 11.6 Å². The molecule has 160 valence electrons. The average Bonchev–Trinajstić information content (AvgIpc) is 2.99. The fourth-order valence-electron chi connectivity index (χ4n) is 6.33. The van der Waals surface area contributed by atoms with Gasteiger partial charge in [0.1, 0.15) is 0 Å². The molecule has 1 heteroatoms. The standard InChI is InChI=1S/C26H51P/c1-6-8-10-12-14-16-20-27(21-17-15-13-11-9-7-2)24-22-23-18-19-26(24,5)25(23,3)4/h23-24H,6-22H2,1-5H3. The molecular formula is C26H51P. The fourth-order valence-corrected chi connectivity index (χ4v) is 10.3. The Kier molecular flexibility index (Phi) is 10.2. The van der Waals surface area contributed by atoms with Gasteiger partial charge in [0.15, 0.2) is 0 Å². The van der Waals surface area contributed by atoms with Gasteiger partial charge in [0.25, 0.3) is 0 Å². The third kappa shape index (κ3) is 5.96. The summed E-state index contributed by atoms with van der Waals surface area (Å²) in [6.07, 6.45) is 25.5. The van der Waals surface area contributed by atoms with Gasteiger partial charge in [0, 0.05) is 0 Å². The molecule has 0 heterocycles. The van der Waals surface area contributed by atoms with Crippen molar-refractivity contribution in [3.05, 3.63) is 0 Å². The predicted octanol–water partition coefficient (Wildman–Crippen LogP) is 9.40. The Hall–Kier alpha value is 0.430. The van der Waals surface area contributed by atoms with E-state index in [1.807, 2.05) is 0 Å². The van der Waals surface area contributed by atoms with Crippen LogP contribution in [0.1, 0.15) is 131 Å². The summed E-state index contributed by atoms with van der Waals surface area (Å²) in [7, 11) is 0.267. The Morgan fingerprint density at radius 3 is 1.59 bits per heavy atom. The van der Waals surface area contributed by atoms with Gasteiger partial charge in [-0.05, 0) is 66.8 Å². The second-order valence-corrected chi connectivity index (χ2v) is 13.4. The smallest absolute Gasteiger partial charge is 0.0147 e. The van der Waals surface area contributed by atoms with Gasteiger partial charge in [-0.15, -0.1) is 7.92 Å². The predicted molar refractivity (Wildman–Crippen MR) is 126 cm³/mol. The van der Waals surface area contributed by atoms with Crippen LogP contribution >= 0.6 is 7.92 Å². The number of hydrogen-bond donors (Lipinski definition) is 0. The van der Waals surface area contributed by atoms with Crippen molar-refractivity contribution in [3.8, 4) is 0 Å². The van der Waals surface area contributed by atoms with Crippen LogP contribution in [-0.2, 0) is 0 Å². The summed E-state index contributed by atoms with van der Waals surface area (Å²) >= 11 is 0. The summed E-state index contributed by atoms with van der Waals surface area (Å²) in [5.41, 5.74) is 2.36. The van der Waals surface area contributed by atoms with E-state index in [9.17, 15) is 0 Å². The first kappa shape index (κ1) is 23.7. The van der Waals surface area contributed by atoms with Crippen LogP contribution in [-0.4, -0.2) is 18.0 Å². The van der Waals surface area contributed by atoms with Crippen LogP contribution in [0.3, 0.4) is 0 Å². The highest BCUT2D eigenvalue weighted by Crippen LogP contribution is 2.72. The molecule has 0 aromatic rings. The molecule has 2 aliphatic rings. The average molecular weight is 395 g/mol. The highest BCUT2D eigenvalue weighted by atomic mass is 31.1. The summed E-state index contributed by atoms with van der Waals surface area (Å²) in [4.78, 5) is 0. The molecule has 3 atom stereocenters. The lowest BCUT2D eigenvalue weighted by molar-refractivity contribution is 0.155. The first-order chi connectivity index (χ1) is 13.0. The summed E-state index contributed by atoms with van der Waals surface area (Å²) in [6, 6.07) is 0. The molecule has 27 heavy (non-hydrogen) atoms. The van der Waals surface area contributed by atoms with E-state index in [-0.39, 0.29) is 7.92 Å². The molecule has 0 saturated heterocycles. The highest BCUT2D eigenvalue weighted by Gasteiger charge is 2.62. The minimum absolute atomic E-state index is 0.267. The van der Waals surface area contributed by atoms with E-state index < -0.39 is 0 Å². The Labute approximate surface area is 173 Å². The Balaban J connectivity index is 1.84. The summed E-state index contributed by atoms with van der Waals surface area (Å²) < 4.78 is 0. The molecule has 2 rings (SSSR count). The van der Waals surface area contributed by atoms with Crippen LogP contribution in [0, 0.1) is 16.7 Å². The zero-order valence-corrected chi connectivity index (χ0v) is 20.5. The molecule has 0 spiro atoms. The minimum atomic E-state index is 0.267. The number of unbranched alkanes of at least 4 members (excludes halogenated alkanes) is 10. The third-order valence-corrected chi connectivity index (χ3v) is 12.2. The van der Waals surface area contributed by atoms with Gasteiger partial charge in [-0.1, -0.05) is 98.8 Å². The molecule has 0 radical (unpaired) electrons. The highest BCUT2D eigenvalue weighted by molar-refractivity contribution is 7.58. The molecule has 3 unspecified atom stereocenters. The zero-order valence-electron chi connectivity index (χ0n) is 19.6. The minimum Gasteiger partial charge on any atom is -0.103 e. The van der Waals surface area contributed by atoms with Crippen molar-refractivity contribution in [1.82, 2.24) is 0 Å². The first-order valence-electron chi connectivity index (χ1n) is 12.7. The molecule has 0 amide bonds. The lowest BCUT2D eigenvalue weighted by atomic mass is 9.71. The van der Waals surface area contributed by atoms with Crippen LogP contribution in [0.4, 0.5) is 0 Å². The van der Waals surface area contributed by atoms with Crippen molar-refractivity contribution in [3.63, 3.8) is 0 Å². The molecule has 0 aliphatic heterocycles. The van der Waals surface area contributed by atoms with Crippen LogP contribution in [0.15, 0.2) is 0 Å². The van der Waals surface area contributed by atoms with Crippen LogP contribution in [0.2, 0.25) is 0 Å². The van der Waals surface area contributed by atoms with Crippen molar-refractivity contribution in [2.24, 2.45) is 16.7 Å². The second-order valence-electron chi connectivity index (χ2n) is 10.7. The fraction of sp³-hybridized carbons (Fsp3) is 1.00. The van der Waals surface area contributed by atoms with Gasteiger partial charge in [0.05, 0.1) is 0 Å². The summed E-state index contributed by atoms with van der Waals surface area (Å²) in [6.45, 7) is 12.6. The van der Waals surface area contributed by atoms with E-state index in [0.29, 0.717) is 10.8 Å².